The first-order valence-corrected chi connectivity index (χ1v) is 10.1. The molecular weight excluding hydrogens is 440 g/mol. The first-order chi connectivity index (χ1) is 15.4. The third-order valence-electron chi connectivity index (χ3n) is 4.75. The number of imide groups is 1. The summed E-state index contributed by atoms with van der Waals surface area (Å²) in [6, 6.07) is 11.6. The highest BCUT2D eigenvalue weighted by Crippen LogP contribution is 2.31. The number of fused-ring (bicyclic) bond motifs is 2. The Kier molecular flexibility index (Phi) is 6.18. The Hall–Kier alpha value is -3.72. The minimum absolute atomic E-state index is 0.0555. The minimum atomic E-state index is -0.836. The van der Waals surface area contributed by atoms with Crippen molar-refractivity contribution in [1.82, 2.24) is 10.6 Å². The number of halogens is 1. The third kappa shape index (κ3) is 4.62. The van der Waals surface area contributed by atoms with E-state index in [9.17, 15) is 14.4 Å². The Morgan fingerprint density at radius 1 is 1.12 bits per heavy atom. The van der Waals surface area contributed by atoms with Crippen LogP contribution in [0.3, 0.4) is 0 Å². The molecule has 0 radical (unpaired) electrons. The summed E-state index contributed by atoms with van der Waals surface area (Å²) in [5, 5.41) is 5.63. The van der Waals surface area contributed by atoms with Gasteiger partial charge in [-0.2, -0.15) is 0 Å². The van der Waals surface area contributed by atoms with Crippen LogP contribution in [0.5, 0.6) is 11.5 Å². The highest BCUT2D eigenvalue weighted by Gasteiger charge is 2.23. The second kappa shape index (κ2) is 9.19. The second-order valence-electron chi connectivity index (χ2n) is 7.00. The number of carbonyl (C=O) groups is 3. The van der Waals surface area contributed by atoms with E-state index in [1.807, 2.05) is 12.1 Å². The maximum atomic E-state index is 12.3. The maximum absolute atomic E-state index is 12.3. The van der Waals surface area contributed by atoms with Crippen molar-refractivity contribution in [1.29, 1.82) is 0 Å². The van der Waals surface area contributed by atoms with Crippen molar-refractivity contribution in [2.24, 2.45) is 0 Å². The van der Waals surface area contributed by atoms with Crippen molar-refractivity contribution in [3.05, 3.63) is 58.8 Å². The zero-order valence-electron chi connectivity index (χ0n) is 17.0. The predicted molar refractivity (Wildman–Crippen MR) is 114 cm³/mol. The highest BCUT2D eigenvalue weighted by molar-refractivity contribution is 6.35. The molecule has 0 fully saturated rings. The molecule has 9 nitrogen and oxygen atoms in total. The second-order valence-corrected chi connectivity index (χ2v) is 7.41. The van der Waals surface area contributed by atoms with Crippen molar-refractivity contribution in [2.45, 2.75) is 13.0 Å². The molecule has 0 spiro atoms. The lowest BCUT2D eigenvalue weighted by molar-refractivity contribution is -0.123. The Balaban J connectivity index is 1.24. The van der Waals surface area contributed by atoms with E-state index in [4.69, 9.17) is 30.2 Å². The number of amides is 3. The number of aryl methyl sites for hydroxylation is 1. The van der Waals surface area contributed by atoms with E-state index in [0.717, 1.165) is 0 Å². The average Bonchev–Trinajstić information content (AvgIpc) is 3.14. The largest absolute Gasteiger partial charge is 0.486 e. The molecule has 2 N–H and O–H groups in total. The van der Waals surface area contributed by atoms with Gasteiger partial charge in [0.1, 0.15) is 6.61 Å². The highest BCUT2D eigenvalue weighted by atomic mass is 35.5. The van der Waals surface area contributed by atoms with E-state index in [2.05, 4.69) is 10.6 Å². The summed E-state index contributed by atoms with van der Waals surface area (Å²) in [6.45, 7) is 1.39. The van der Waals surface area contributed by atoms with Gasteiger partial charge >= 0.3 is 12.0 Å². The molecule has 0 saturated heterocycles. The summed E-state index contributed by atoms with van der Waals surface area (Å²) in [5.41, 5.74) is 0.904. The first kappa shape index (κ1) is 21.5. The van der Waals surface area contributed by atoms with Crippen molar-refractivity contribution < 1.29 is 33.0 Å². The maximum Gasteiger partial charge on any atom is 0.375 e. The monoisotopic (exact) mass is 458 g/mol. The molecule has 1 unspecified atom stereocenters. The van der Waals surface area contributed by atoms with E-state index < -0.39 is 30.6 Å². The Morgan fingerprint density at radius 2 is 1.91 bits per heavy atom. The Morgan fingerprint density at radius 3 is 2.69 bits per heavy atom. The average molecular weight is 459 g/mol. The SMILES string of the molecule is Cc1c(C(=O)OCC(=O)NC(=O)NCC2COc3ccccc3O2)oc2c(Cl)cccc12. The standard InChI is InChI=1S/C22H19ClN2O7/c1-12-14-5-4-6-15(23)20(14)32-19(12)21(27)30-11-18(26)25-22(28)24-9-13-10-29-16-7-2-3-8-17(16)31-13/h2-8,13H,9-11H2,1H3,(H2,24,25,26,28). The quantitative estimate of drug-likeness (QED) is 0.564. The van der Waals surface area contributed by atoms with Crippen LogP contribution in [0.1, 0.15) is 16.1 Å². The van der Waals surface area contributed by atoms with Gasteiger partial charge in [-0.15, -0.1) is 0 Å². The van der Waals surface area contributed by atoms with Gasteiger partial charge in [-0.1, -0.05) is 35.9 Å². The molecule has 3 aromatic rings. The number of hydrogen-bond acceptors (Lipinski definition) is 7. The molecule has 1 atom stereocenters. The summed E-state index contributed by atoms with van der Waals surface area (Å²) in [7, 11) is 0. The Labute approximate surface area is 187 Å². The summed E-state index contributed by atoms with van der Waals surface area (Å²) < 4.78 is 21.7. The molecular formula is C22H19ClN2O7. The molecule has 166 valence electrons. The first-order valence-electron chi connectivity index (χ1n) is 9.73. The Bertz CT molecular complexity index is 1190. The number of urea groups is 1. The van der Waals surface area contributed by atoms with Crippen LogP contribution in [0, 0.1) is 6.92 Å². The number of carbonyl (C=O) groups excluding carboxylic acids is 3. The van der Waals surface area contributed by atoms with Crippen LogP contribution in [0.4, 0.5) is 4.79 Å². The number of benzene rings is 2. The number of para-hydroxylation sites is 3. The molecule has 2 heterocycles. The van der Waals surface area contributed by atoms with Crippen LogP contribution in [0.15, 0.2) is 46.9 Å². The zero-order valence-corrected chi connectivity index (χ0v) is 17.7. The van der Waals surface area contributed by atoms with Gasteiger partial charge in [-0.05, 0) is 25.1 Å². The molecule has 4 rings (SSSR count). The molecule has 1 aromatic heterocycles. The predicted octanol–water partition coefficient (Wildman–Crippen LogP) is 3.22. The van der Waals surface area contributed by atoms with Crippen LogP contribution >= 0.6 is 11.6 Å². The topological polar surface area (TPSA) is 116 Å². The lowest BCUT2D eigenvalue weighted by Crippen LogP contribution is -2.46. The number of rotatable bonds is 5. The van der Waals surface area contributed by atoms with Gasteiger partial charge in [-0.3, -0.25) is 10.1 Å². The van der Waals surface area contributed by atoms with Gasteiger partial charge in [0.2, 0.25) is 5.76 Å². The van der Waals surface area contributed by atoms with E-state index in [-0.39, 0.29) is 18.9 Å². The van der Waals surface area contributed by atoms with E-state index in [1.54, 1.807) is 37.3 Å². The van der Waals surface area contributed by atoms with Crippen molar-refractivity contribution in [3.63, 3.8) is 0 Å². The summed E-state index contributed by atoms with van der Waals surface area (Å²) in [4.78, 5) is 36.2. The molecule has 0 aliphatic carbocycles. The lowest BCUT2D eigenvalue weighted by atomic mass is 10.1. The molecule has 1 aliphatic rings. The number of nitrogens with one attached hydrogen (secondary N) is 2. The number of esters is 1. The van der Waals surface area contributed by atoms with Crippen LogP contribution in [-0.4, -0.2) is 43.8 Å². The van der Waals surface area contributed by atoms with Gasteiger partial charge in [0.05, 0.1) is 11.6 Å². The summed E-state index contributed by atoms with van der Waals surface area (Å²) in [6.07, 6.45) is -0.411. The molecule has 10 heteroatoms. The summed E-state index contributed by atoms with van der Waals surface area (Å²) in [5.74, 6) is -0.478. The molecule has 0 bridgehead atoms. The van der Waals surface area contributed by atoms with Crippen LogP contribution in [-0.2, 0) is 9.53 Å². The number of ether oxygens (including phenoxy) is 3. The van der Waals surface area contributed by atoms with Crippen molar-refractivity contribution >= 4 is 40.5 Å². The molecule has 1 aliphatic heterocycles. The number of hydrogen-bond donors (Lipinski definition) is 2. The van der Waals surface area contributed by atoms with E-state index in [0.29, 0.717) is 33.1 Å². The van der Waals surface area contributed by atoms with Gasteiger partial charge < -0.3 is 23.9 Å². The fourth-order valence-electron chi connectivity index (χ4n) is 3.18. The van der Waals surface area contributed by atoms with Crippen LogP contribution in [0.25, 0.3) is 11.0 Å². The minimum Gasteiger partial charge on any atom is -0.486 e. The molecule has 32 heavy (non-hydrogen) atoms. The zero-order chi connectivity index (χ0) is 22.7. The van der Waals surface area contributed by atoms with Gasteiger partial charge in [0, 0.05) is 10.9 Å². The molecule has 3 amide bonds. The third-order valence-corrected chi connectivity index (χ3v) is 5.04. The normalized spacial score (nSPS) is 14.6. The van der Waals surface area contributed by atoms with E-state index in [1.165, 1.54) is 0 Å². The fraction of sp³-hybridized carbons (Fsp3) is 0.227. The van der Waals surface area contributed by atoms with Crippen molar-refractivity contribution in [3.8, 4) is 11.5 Å². The van der Waals surface area contributed by atoms with Gasteiger partial charge in [-0.25, -0.2) is 9.59 Å². The van der Waals surface area contributed by atoms with Gasteiger partial charge in [0.15, 0.2) is 29.8 Å². The van der Waals surface area contributed by atoms with Crippen LogP contribution < -0.4 is 20.1 Å². The van der Waals surface area contributed by atoms with Crippen molar-refractivity contribution in [2.75, 3.05) is 19.8 Å². The van der Waals surface area contributed by atoms with Gasteiger partial charge in [0.25, 0.3) is 5.91 Å². The smallest absolute Gasteiger partial charge is 0.375 e. The molecule has 2 aromatic carbocycles. The summed E-state index contributed by atoms with van der Waals surface area (Å²) >= 11 is 6.07. The molecule has 0 saturated carbocycles. The number of furan rings is 1. The lowest BCUT2D eigenvalue weighted by Gasteiger charge is -2.26. The fourth-order valence-corrected chi connectivity index (χ4v) is 3.39. The van der Waals surface area contributed by atoms with E-state index >= 15 is 0 Å². The van der Waals surface area contributed by atoms with Crippen LogP contribution in [0.2, 0.25) is 5.02 Å².